The van der Waals surface area contributed by atoms with Crippen LogP contribution in [0, 0.1) is 6.92 Å². The van der Waals surface area contributed by atoms with E-state index in [2.05, 4.69) is 27.5 Å². The lowest BCUT2D eigenvalue weighted by Crippen LogP contribution is -2.24. The monoisotopic (exact) mass is 311 g/mol. The quantitative estimate of drug-likeness (QED) is 0.842. The summed E-state index contributed by atoms with van der Waals surface area (Å²) in [5.74, 6) is 1.14. The zero-order chi connectivity index (χ0) is 15.2. The first-order chi connectivity index (χ1) is 10.1. The molecule has 0 aromatic carbocycles. The van der Waals surface area contributed by atoms with Gasteiger partial charge in [-0.2, -0.15) is 10.1 Å². The molecule has 0 unspecified atom stereocenters. The number of aryl methyl sites for hydroxylation is 2. The van der Waals surface area contributed by atoms with E-state index in [0.29, 0.717) is 36.9 Å². The van der Waals surface area contributed by atoms with E-state index in [4.69, 9.17) is 16.1 Å². The minimum Gasteiger partial charge on any atom is -0.382 e. The Morgan fingerprint density at radius 3 is 2.95 bits per heavy atom. The highest BCUT2D eigenvalue weighted by molar-refractivity contribution is 6.32. The topological polar surface area (TPSA) is 85.8 Å². The zero-order valence-electron chi connectivity index (χ0n) is 12.1. The van der Waals surface area contributed by atoms with E-state index in [1.54, 1.807) is 13.1 Å². The Morgan fingerprint density at radius 2 is 2.29 bits per heavy atom. The molecule has 0 fully saturated rings. The number of rotatable bonds is 7. The SMILES string of the molecule is CCCCn1ncc(NCCc2nc(C)no2)c(Cl)c1=O. The molecule has 0 radical (unpaired) electrons. The largest absolute Gasteiger partial charge is 0.382 e. The van der Waals surface area contributed by atoms with Gasteiger partial charge in [-0.25, -0.2) is 4.68 Å². The third-order valence-corrected chi connectivity index (χ3v) is 3.30. The van der Waals surface area contributed by atoms with Crippen molar-refractivity contribution in [3.8, 4) is 0 Å². The van der Waals surface area contributed by atoms with Crippen LogP contribution in [0.5, 0.6) is 0 Å². The maximum Gasteiger partial charge on any atom is 0.287 e. The van der Waals surface area contributed by atoms with Gasteiger partial charge in [-0.3, -0.25) is 4.79 Å². The predicted molar refractivity (Wildman–Crippen MR) is 79.6 cm³/mol. The third kappa shape index (κ3) is 4.04. The molecule has 21 heavy (non-hydrogen) atoms. The van der Waals surface area contributed by atoms with Crippen molar-refractivity contribution in [1.29, 1.82) is 0 Å². The second-order valence-corrected chi connectivity index (χ2v) is 5.04. The van der Waals surface area contributed by atoms with E-state index in [1.165, 1.54) is 4.68 Å². The molecule has 2 aromatic heterocycles. The van der Waals surface area contributed by atoms with Gasteiger partial charge in [-0.1, -0.05) is 30.1 Å². The second kappa shape index (κ2) is 7.21. The van der Waals surface area contributed by atoms with Gasteiger partial charge in [-0.05, 0) is 13.3 Å². The van der Waals surface area contributed by atoms with Crippen molar-refractivity contribution in [1.82, 2.24) is 19.9 Å². The van der Waals surface area contributed by atoms with Gasteiger partial charge >= 0.3 is 0 Å². The Kier molecular flexibility index (Phi) is 5.32. The third-order valence-electron chi connectivity index (χ3n) is 2.93. The van der Waals surface area contributed by atoms with Crippen LogP contribution in [0.3, 0.4) is 0 Å². The summed E-state index contributed by atoms with van der Waals surface area (Å²) in [7, 11) is 0. The maximum absolute atomic E-state index is 12.0. The van der Waals surface area contributed by atoms with Gasteiger partial charge in [0.15, 0.2) is 5.82 Å². The lowest BCUT2D eigenvalue weighted by molar-refractivity contribution is 0.377. The van der Waals surface area contributed by atoms with Crippen LogP contribution in [-0.4, -0.2) is 26.5 Å². The van der Waals surface area contributed by atoms with Gasteiger partial charge < -0.3 is 9.84 Å². The van der Waals surface area contributed by atoms with Crippen molar-refractivity contribution >= 4 is 17.3 Å². The summed E-state index contributed by atoms with van der Waals surface area (Å²) in [5, 5.41) is 11.0. The normalized spacial score (nSPS) is 10.8. The Morgan fingerprint density at radius 1 is 1.48 bits per heavy atom. The standard InChI is InChI=1S/C13H18ClN5O2/c1-3-4-7-19-13(20)12(14)10(8-16-19)15-6-5-11-17-9(2)18-21-11/h8,15H,3-7H2,1-2H3. The lowest BCUT2D eigenvalue weighted by atomic mass is 10.3. The van der Waals surface area contributed by atoms with Gasteiger partial charge in [0.1, 0.15) is 5.02 Å². The van der Waals surface area contributed by atoms with E-state index >= 15 is 0 Å². The van der Waals surface area contributed by atoms with Crippen LogP contribution in [0.25, 0.3) is 0 Å². The molecule has 114 valence electrons. The molecule has 7 nitrogen and oxygen atoms in total. The first kappa shape index (κ1) is 15.5. The Hall–Kier alpha value is -1.89. The average Bonchev–Trinajstić information content (AvgIpc) is 2.88. The summed E-state index contributed by atoms with van der Waals surface area (Å²) in [5.41, 5.74) is 0.245. The van der Waals surface area contributed by atoms with Gasteiger partial charge in [0.05, 0.1) is 11.9 Å². The summed E-state index contributed by atoms with van der Waals surface area (Å²) in [4.78, 5) is 16.1. The Bertz CT molecular complexity index is 652. The van der Waals surface area contributed by atoms with Crippen molar-refractivity contribution in [3.63, 3.8) is 0 Å². The molecule has 2 rings (SSSR count). The van der Waals surface area contributed by atoms with Crippen LogP contribution in [0.2, 0.25) is 5.02 Å². The lowest BCUT2D eigenvalue weighted by Gasteiger charge is -2.09. The Balaban J connectivity index is 1.97. The molecule has 2 aromatic rings. The van der Waals surface area contributed by atoms with Crippen LogP contribution in [-0.2, 0) is 13.0 Å². The summed E-state index contributed by atoms with van der Waals surface area (Å²) < 4.78 is 6.39. The van der Waals surface area contributed by atoms with Crippen molar-refractivity contribution in [2.75, 3.05) is 11.9 Å². The fourth-order valence-electron chi connectivity index (χ4n) is 1.80. The number of anilines is 1. The molecule has 0 spiro atoms. The molecule has 2 heterocycles. The van der Waals surface area contributed by atoms with E-state index in [9.17, 15) is 4.79 Å². The number of nitrogens with zero attached hydrogens (tertiary/aromatic N) is 4. The van der Waals surface area contributed by atoms with Gasteiger partial charge in [0, 0.05) is 19.5 Å². The number of unbranched alkanes of at least 4 members (excludes halogenated alkanes) is 1. The van der Waals surface area contributed by atoms with Gasteiger partial charge in [0.2, 0.25) is 5.89 Å². The Labute approximate surface area is 127 Å². The van der Waals surface area contributed by atoms with Gasteiger partial charge in [-0.15, -0.1) is 0 Å². The van der Waals surface area contributed by atoms with Crippen LogP contribution >= 0.6 is 11.6 Å². The molecule has 0 saturated carbocycles. The number of nitrogens with one attached hydrogen (secondary N) is 1. The van der Waals surface area contributed by atoms with E-state index in [0.717, 1.165) is 12.8 Å². The summed E-state index contributed by atoms with van der Waals surface area (Å²) in [6, 6.07) is 0. The average molecular weight is 312 g/mol. The molecule has 0 bridgehead atoms. The smallest absolute Gasteiger partial charge is 0.287 e. The predicted octanol–water partition coefficient (Wildman–Crippen LogP) is 2.04. The number of halogens is 1. The van der Waals surface area contributed by atoms with Crippen LogP contribution in [0.1, 0.15) is 31.5 Å². The van der Waals surface area contributed by atoms with Crippen molar-refractivity contribution < 1.29 is 4.52 Å². The maximum atomic E-state index is 12.0. The summed E-state index contributed by atoms with van der Waals surface area (Å²) in [6.07, 6.45) is 4.01. The first-order valence-corrected chi connectivity index (χ1v) is 7.28. The number of hydrogen-bond acceptors (Lipinski definition) is 6. The fourth-order valence-corrected chi connectivity index (χ4v) is 2.01. The minimum absolute atomic E-state index is 0.155. The molecule has 0 aliphatic heterocycles. The highest BCUT2D eigenvalue weighted by Gasteiger charge is 2.09. The number of hydrogen-bond donors (Lipinski definition) is 1. The molecule has 1 N–H and O–H groups in total. The van der Waals surface area contributed by atoms with Gasteiger partial charge in [0.25, 0.3) is 5.56 Å². The molecular formula is C13H18ClN5O2. The highest BCUT2D eigenvalue weighted by atomic mass is 35.5. The van der Waals surface area contributed by atoms with Crippen molar-refractivity contribution in [2.45, 2.75) is 39.7 Å². The molecule has 0 atom stereocenters. The van der Waals surface area contributed by atoms with E-state index in [-0.39, 0.29) is 10.6 Å². The molecule has 0 saturated heterocycles. The molecule has 8 heteroatoms. The molecule has 0 amide bonds. The van der Waals surface area contributed by atoms with Crippen LogP contribution < -0.4 is 10.9 Å². The van der Waals surface area contributed by atoms with E-state index in [1.807, 2.05) is 0 Å². The zero-order valence-corrected chi connectivity index (χ0v) is 12.9. The van der Waals surface area contributed by atoms with Crippen LogP contribution in [0.4, 0.5) is 5.69 Å². The molecule has 0 aliphatic carbocycles. The number of aromatic nitrogens is 4. The molecule has 0 aliphatic rings. The van der Waals surface area contributed by atoms with Crippen LogP contribution in [0.15, 0.2) is 15.5 Å². The fraction of sp³-hybridized carbons (Fsp3) is 0.538. The highest BCUT2D eigenvalue weighted by Crippen LogP contribution is 2.15. The molecular weight excluding hydrogens is 294 g/mol. The summed E-state index contributed by atoms with van der Waals surface area (Å²) >= 11 is 6.08. The minimum atomic E-state index is -0.274. The second-order valence-electron chi connectivity index (χ2n) is 4.67. The van der Waals surface area contributed by atoms with Crippen molar-refractivity contribution in [2.24, 2.45) is 0 Å². The summed E-state index contributed by atoms with van der Waals surface area (Å²) in [6.45, 7) is 4.93. The van der Waals surface area contributed by atoms with E-state index < -0.39 is 0 Å². The van der Waals surface area contributed by atoms with Crippen molar-refractivity contribution in [3.05, 3.63) is 33.3 Å². The first-order valence-electron chi connectivity index (χ1n) is 6.90.